The van der Waals surface area contributed by atoms with Gasteiger partial charge in [0, 0.05) is 30.9 Å². The Hall–Kier alpha value is -1.91. The topological polar surface area (TPSA) is 29.9 Å². The molecule has 0 atom stereocenters. The molecular weight excluding hydrogens is 289 g/mol. The Morgan fingerprint density at radius 2 is 2.19 bits per heavy atom. The summed E-state index contributed by atoms with van der Waals surface area (Å²) in [6.07, 6.45) is 3.82. The Kier molecular flexibility index (Phi) is 3.90. The fourth-order valence-corrected chi connectivity index (χ4v) is 2.60. The summed E-state index contributed by atoms with van der Waals surface area (Å²) < 4.78 is 15.6. The van der Waals surface area contributed by atoms with Gasteiger partial charge in [0.15, 0.2) is 0 Å². The lowest BCUT2D eigenvalue weighted by Crippen LogP contribution is -2.04. The Bertz CT molecular complexity index is 782. The third-order valence-corrected chi connectivity index (χ3v) is 3.73. The van der Waals surface area contributed by atoms with E-state index in [4.69, 9.17) is 11.6 Å². The van der Waals surface area contributed by atoms with Crippen molar-refractivity contribution < 1.29 is 4.39 Å². The fraction of sp³-hybridized carbons (Fsp3) is 0.188. The average Bonchev–Trinajstić information content (AvgIpc) is 2.82. The SMILES string of the molecule is CNCc1cn(Cc2ccc(Cl)c(F)c2)c2ncccc12. The molecule has 0 saturated heterocycles. The summed E-state index contributed by atoms with van der Waals surface area (Å²) in [5, 5.41) is 4.41. The highest BCUT2D eigenvalue weighted by Crippen LogP contribution is 2.22. The molecule has 2 heterocycles. The highest BCUT2D eigenvalue weighted by Gasteiger charge is 2.10. The first kappa shape index (κ1) is 14.0. The standard InChI is InChI=1S/C16H15ClFN3/c1-19-8-12-10-21(16-13(12)3-2-6-20-16)9-11-4-5-14(17)15(18)7-11/h2-7,10,19H,8-9H2,1H3. The number of hydrogen-bond acceptors (Lipinski definition) is 2. The second-order valence-corrected chi connectivity index (χ2v) is 5.34. The van der Waals surface area contributed by atoms with Gasteiger partial charge in [0.25, 0.3) is 0 Å². The summed E-state index contributed by atoms with van der Waals surface area (Å²) in [6.45, 7) is 1.33. The van der Waals surface area contributed by atoms with E-state index in [1.54, 1.807) is 12.3 Å². The minimum absolute atomic E-state index is 0.144. The second kappa shape index (κ2) is 5.84. The Morgan fingerprint density at radius 1 is 1.33 bits per heavy atom. The van der Waals surface area contributed by atoms with Crippen LogP contribution >= 0.6 is 11.6 Å². The highest BCUT2D eigenvalue weighted by molar-refractivity contribution is 6.30. The van der Waals surface area contributed by atoms with Crippen LogP contribution in [0.2, 0.25) is 5.02 Å². The fourth-order valence-electron chi connectivity index (χ4n) is 2.48. The van der Waals surface area contributed by atoms with Crippen LogP contribution in [-0.4, -0.2) is 16.6 Å². The third-order valence-electron chi connectivity index (χ3n) is 3.42. The van der Waals surface area contributed by atoms with E-state index < -0.39 is 5.82 Å². The van der Waals surface area contributed by atoms with Gasteiger partial charge in [-0.3, -0.25) is 0 Å². The van der Waals surface area contributed by atoms with Gasteiger partial charge in [0.2, 0.25) is 0 Å². The van der Waals surface area contributed by atoms with Crippen LogP contribution in [0.5, 0.6) is 0 Å². The largest absolute Gasteiger partial charge is 0.328 e. The van der Waals surface area contributed by atoms with Gasteiger partial charge in [0.05, 0.1) is 5.02 Å². The van der Waals surface area contributed by atoms with Crippen molar-refractivity contribution in [3.05, 3.63) is 64.7 Å². The van der Waals surface area contributed by atoms with Crippen LogP contribution in [0.15, 0.2) is 42.7 Å². The first-order valence-electron chi connectivity index (χ1n) is 6.70. The molecule has 0 spiro atoms. The predicted octanol–water partition coefficient (Wildman–Crippen LogP) is 3.60. The van der Waals surface area contributed by atoms with Crippen LogP contribution in [0.4, 0.5) is 4.39 Å². The van der Waals surface area contributed by atoms with Crippen LogP contribution in [0.3, 0.4) is 0 Å². The minimum Gasteiger partial charge on any atom is -0.328 e. The molecular formula is C16H15ClFN3. The molecule has 0 aliphatic heterocycles. The van der Waals surface area contributed by atoms with Crippen molar-refractivity contribution in [2.75, 3.05) is 7.05 Å². The molecule has 1 N–H and O–H groups in total. The quantitative estimate of drug-likeness (QED) is 0.798. The Labute approximate surface area is 127 Å². The number of nitrogens with one attached hydrogen (secondary N) is 1. The number of pyridine rings is 1. The second-order valence-electron chi connectivity index (χ2n) is 4.94. The molecule has 0 unspecified atom stereocenters. The van der Waals surface area contributed by atoms with Crippen LogP contribution in [0, 0.1) is 5.82 Å². The van der Waals surface area contributed by atoms with Crippen molar-refractivity contribution >= 4 is 22.6 Å². The maximum atomic E-state index is 13.6. The maximum absolute atomic E-state index is 13.6. The molecule has 0 fully saturated rings. The molecule has 21 heavy (non-hydrogen) atoms. The zero-order chi connectivity index (χ0) is 14.8. The summed E-state index contributed by atoms with van der Waals surface area (Å²) in [5.74, 6) is -0.394. The molecule has 3 nitrogen and oxygen atoms in total. The molecule has 3 aromatic rings. The maximum Gasteiger partial charge on any atom is 0.142 e. The molecule has 3 rings (SSSR count). The molecule has 5 heteroatoms. The summed E-state index contributed by atoms with van der Waals surface area (Å²) in [5.41, 5.74) is 2.93. The molecule has 0 saturated carbocycles. The van der Waals surface area contributed by atoms with E-state index in [1.165, 1.54) is 11.6 Å². The van der Waals surface area contributed by atoms with Gasteiger partial charge >= 0.3 is 0 Å². The normalized spacial score (nSPS) is 11.2. The van der Waals surface area contributed by atoms with Gasteiger partial charge in [-0.25, -0.2) is 9.37 Å². The lowest BCUT2D eigenvalue weighted by Gasteiger charge is -2.05. The van der Waals surface area contributed by atoms with E-state index in [1.807, 2.05) is 29.8 Å². The number of halogens is 2. The number of benzene rings is 1. The lowest BCUT2D eigenvalue weighted by molar-refractivity contribution is 0.624. The molecule has 0 bridgehead atoms. The number of aromatic nitrogens is 2. The van der Waals surface area contributed by atoms with E-state index in [2.05, 4.69) is 16.5 Å². The van der Waals surface area contributed by atoms with Gasteiger partial charge in [-0.1, -0.05) is 17.7 Å². The van der Waals surface area contributed by atoms with E-state index in [9.17, 15) is 4.39 Å². The minimum atomic E-state index is -0.394. The first-order chi connectivity index (χ1) is 10.2. The molecule has 0 radical (unpaired) electrons. The highest BCUT2D eigenvalue weighted by atomic mass is 35.5. The van der Waals surface area contributed by atoms with Gasteiger partial charge in [-0.2, -0.15) is 0 Å². The Balaban J connectivity index is 2.01. The van der Waals surface area contributed by atoms with E-state index in [-0.39, 0.29) is 5.02 Å². The Morgan fingerprint density at radius 3 is 2.95 bits per heavy atom. The van der Waals surface area contributed by atoms with Crippen LogP contribution in [0.25, 0.3) is 11.0 Å². The summed E-state index contributed by atoms with van der Waals surface area (Å²) in [6, 6.07) is 8.86. The number of nitrogens with zero attached hydrogens (tertiary/aromatic N) is 2. The molecule has 108 valence electrons. The van der Waals surface area contributed by atoms with Crippen molar-refractivity contribution in [3.63, 3.8) is 0 Å². The smallest absolute Gasteiger partial charge is 0.142 e. The van der Waals surface area contributed by atoms with E-state index in [0.29, 0.717) is 6.54 Å². The molecule has 2 aromatic heterocycles. The zero-order valence-corrected chi connectivity index (χ0v) is 12.4. The first-order valence-corrected chi connectivity index (χ1v) is 7.08. The molecule has 0 aliphatic rings. The number of rotatable bonds is 4. The summed E-state index contributed by atoms with van der Waals surface area (Å²) in [7, 11) is 1.91. The summed E-state index contributed by atoms with van der Waals surface area (Å²) >= 11 is 5.72. The van der Waals surface area contributed by atoms with Crippen LogP contribution in [0.1, 0.15) is 11.1 Å². The van der Waals surface area contributed by atoms with E-state index >= 15 is 0 Å². The number of fused-ring (bicyclic) bond motifs is 1. The van der Waals surface area contributed by atoms with Crippen molar-refractivity contribution in [1.29, 1.82) is 0 Å². The average molecular weight is 304 g/mol. The number of hydrogen-bond donors (Lipinski definition) is 1. The predicted molar refractivity (Wildman–Crippen MR) is 83.0 cm³/mol. The van der Waals surface area contributed by atoms with Crippen molar-refractivity contribution in [3.8, 4) is 0 Å². The summed E-state index contributed by atoms with van der Waals surface area (Å²) in [4.78, 5) is 4.44. The molecule has 0 aliphatic carbocycles. The molecule has 0 amide bonds. The monoisotopic (exact) mass is 303 g/mol. The lowest BCUT2D eigenvalue weighted by atomic mass is 10.2. The molecule has 1 aromatic carbocycles. The van der Waals surface area contributed by atoms with Gasteiger partial charge in [-0.15, -0.1) is 0 Å². The van der Waals surface area contributed by atoms with Crippen molar-refractivity contribution in [2.24, 2.45) is 0 Å². The van der Waals surface area contributed by atoms with E-state index in [0.717, 1.165) is 23.1 Å². The van der Waals surface area contributed by atoms with Crippen LogP contribution in [-0.2, 0) is 13.1 Å². The van der Waals surface area contributed by atoms with Crippen molar-refractivity contribution in [2.45, 2.75) is 13.1 Å². The van der Waals surface area contributed by atoms with Gasteiger partial charge < -0.3 is 9.88 Å². The van der Waals surface area contributed by atoms with Crippen molar-refractivity contribution in [1.82, 2.24) is 14.9 Å². The third kappa shape index (κ3) is 2.77. The van der Waals surface area contributed by atoms with Gasteiger partial charge in [-0.05, 0) is 42.4 Å². The zero-order valence-electron chi connectivity index (χ0n) is 11.6. The van der Waals surface area contributed by atoms with Gasteiger partial charge in [0.1, 0.15) is 11.5 Å². The van der Waals surface area contributed by atoms with Crippen LogP contribution < -0.4 is 5.32 Å².